The average Bonchev–Trinajstić information content (AvgIpc) is 2.46. The zero-order chi connectivity index (χ0) is 13.0. The Hall–Kier alpha value is -2.13. The molecule has 0 saturated carbocycles. The second-order valence-corrected chi connectivity index (χ2v) is 3.88. The van der Waals surface area contributed by atoms with E-state index in [4.69, 9.17) is 0 Å². The van der Waals surface area contributed by atoms with Crippen LogP contribution in [0.15, 0.2) is 54.6 Å². The lowest BCUT2D eigenvalue weighted by Gasteiger charge is -2.13. The van der Waals surface area contributed by atoms with Crippen LogP contribution >= 0.6 is 0 Å². The van der Waals surface area contributed by atoms with Crippen LogP contribution in [0.3, 0.4) is 0 Å². The molecule has 0 aliphatic rings. The highest BCUT2D eigenvalue weighted by atomic mass is 16.5. The first-order chi connectivity index (χ1) is 8.74. The Kier molecular flexibility index (Phi) is 3.75. The number of carbonyl (C=O) groups excluding carboxylic acids is 1. The SMILES string of the molecule is COC(=O)C(O)c1ccccc1-c1ccccc1. The second kappa shape index (κ2) is 5.47. The van der Waals surface area contributed by atoms with Crippen molar-refractivity contribution in [3.63, 3.8) is 0 Å². The highest BCUT2D eigenvalue weighted by Gasteiger charge is 2.21. The van der Waals surface area contributed by atoms with E-state index in [1.807, 2.05) is 42.5 Å². The van der Waals surface area contributed by atoms with Gasteiger partial charge >= 0.3 is 5.97 Å². The fourth-order valence-corrected chi connectivity index (χ4v) is 1.85. The number of benzene rings is 2. The summed E-state index contributed by atoms with van der Waals surface area (Å²) in [5.74, 6) is -0.654. The molecule has 2 rings (SSSR count). The maximum absolute atomic E-state index is 11.4. The summed E-state index contributed by atoms with van der Waals surface area (Å²) in [7, 11) is 1.26. The molecule has 1 unspecified atom stereocenters. The van der Waals surface area contributed by atoms with Gasteiger partial charge in [0.25, 0.3) is 0 Å². The number of carbonyl (C=O) groups is 1. The minimum atomic E-state index is -1.26. The largest absolute Gasteiger partial charge is 0.467 e. The normalized spacial score (nSPS) is 11.9. The van der Waals surface area contributed by atoms with Crippen LogP contribution in [0.2, 0.25) is 0 Å². The van der Waals surface area contributed by atoms with Crippen LogP contribution in [-0.4, -0.2) is 18.2 Å². The van der Waals surface area contributed by atoms with Crippen LogP contribution in [0.4, 0.5) is 0 Å². The Morgan fingerprint density at radius 3 is 2.33 bits per heavy atom. The van der Waals surface area contributed by atoms with E-state index in [-0.39, 0.29) is 0 Å². The number of aliphatic hydroxyl groups is 1. The fourth-order valence-electron chi connectivity index (χ4n) is 1.85. The molecule has 92 valence electrons. The zero-order valence-electron chi connectivity index (χ0n) is 10.0. The third-order valence-corrected chi connectivity index (χ3v) is 2.76. The molecule has 0 bridgehead atoms. The monoisotopic (exact) mass is 242 g/mol. The Labute approximate surface area is 106 Å². The van der Waals surface area contributed by atoms with Crippen LogP contribution in [0.25, 0.3) is 11.1 Å². The molecule has 0 aliphatic carbocycles. The van der Waals surface area contributed by atoms with E-state index in [1.54, 1.807) is 12.1 Å². The van der Waals surface area contributed by atoms with Gasteiger partial charge in [-0.3, -0.25) is 0 Å². The van der Waals surface area contributed by atoms with Gasteiger partial charge < -0.3 is 9.84 Å². The van der Waals surface area contributed by atoms with Gasteiger partial charge in [0.1, 0.15) is 0 Å². The molecule has 0 amide bonds. The summed E-state index contributed by atoms with van der Waals surface area (Å²) in [6.07, 6.45) is -1.26. The van der Waals surface area contributed by atoms with Gasteiger partial charge in [-0.2, -0.15) is 0 Å². The van der Waals surface area contributed by atoms with Crippen LogP contribution < -0.4 is 0 Å². The molecular weight excluding hydrogens is 228 g/mol. The topological polar surface area (TPSA) is 46.5 Å². The molecular formula is C15H14O3. The van der Waals surface area contributed by atoms with Gasteiger partial charge in [0.2, 0.25) is 0 Å². The molecule has 0 spiro atoms. The van der Waals surface area contributed by atoms with Crippen LogP contribution in [-0.2, 0) is 9.53 Å². The highest BCUT2D eigenvalue weighted by molar-refractivity contribution is 5.80. The molecule has 1 N–H and O–H groups in total. The van der Waals surface area contributed by atoms with Crippen molar-refractivity contribution in [3.8, 4) is 11.1 Å². The summed E-state index contributed by atoms with van der Waals surface area (Å²) in [4.78, 5) is 11.4. The van der Waals surface area contributed by atoms with E-state index in [0.717, 1.165) is 11.1 Å². The van der Waals surface area contributed by atoms with Crippen LogP contribution in [0.5, 0.6) is 0 Å². The van der Waals surface area contributed by atoms with Gasteiger partial charge in [0.05, 0.1) is 7.11 Å². The Morgan fingerprint density at radius 1 is 1.06 bits per heavy atom. The van der Waals surface area contributed by atoms with Crippen molar-refractivity contribution in [2.75, 3.05) is 7.11 Å². The lowest BCUT2D eigenvalue weighted by Crippen LogP contribution is -2.14. The summed E-state index contributed by atoms with van der Waals surface area (Å²) < 4.78 is 4.57. The predicted molar refractivity (Wildman–Crippen MR) is 68.9 cm³/mol. The minimum absolute atomic E-state index is 0.551. The van der Waals surface area contributed by atoms with Gasteiger partial charge in [0.15, 0.2) is 6.10 Å². The standard InChI is InChI=1S/C15H14O3/c1-18-15(17)14(16)13-10-6-5-9-12(13)11-7-3-2-4-8-11/h2-10,14,16H,1H3. The Bertz CT molecular complexity index is 534. The van der Waals surface area contributed by atoms with Crippen molar-refractivity contribution in [1.82, 2.24) is 0 Å². The summed E-state index contributed by atoms with van der Waals surface area (Å²) in [6.45, 7) is 0. The first kappa shape index (κ1) is 12.3. The molecule has 0 aliphatic heterocycles. The Balaban J connectivity index is 2.47. The molecule has 18 heavy (non-hydrogen) atoms. The van der Waals surface area contributed by atoms with E-state index < -0.39 is 12.1 Å². The molecule has 0 fully saturated rings. The van der Waals surface area contributed by atoms with E-state index in [1.165, 1.54) is 7.11 Å². The van der Waals surface area contributed by atoms with Crippen molar-refractivity contribution in [2.45, 2.75) is 6.10 Å². The van der Waals surface area contributed by atoms with Gasteiger partial charge in [-0.25, -0.2) is 4.79 Å². The molecule has 0 radical (unpaired) electrons. The average molecular weight is 242 g/mol. The molecule has 1 atom stereocenters. The van der Waals surface area contributed by atoms with E-state index in [0.29, 0.717) is 5.56 Å². The third-order valence-electron chi connectivity index (χ3n) is 2.76. The predicted octanol–water partition coefficient (Wildman–Crippen LogP) is 2.56. The number of rotatable bonds is 3. The first-order valence-electron chi connectivity index (χ1n) is 5.64. The number of hydrogen-bond acceptors (Lipinski definition) is 3. The van der Waals surface area contributed by atoms with Crippen molar-refractivity contribution >= 4 is 5.97 Å². The summed E-state index contributed by atoms with van der Waals surface area (Å²) in [6, 6.07) is 16.9. The minimum Gasteiger partial charge on any atom is -0.467 e. The maximum atomic E-state index is 11.4. The number of esters is 1. The summed E-state index contributed by atoms with van der Waals surface area (Å²) in [5.41, 5.74) is 2.34. The quantitative estimate of drug-likeness (QED) is 0.841. The second-order valence-electron chi connectivity index (χ2n) is 3.88. The third kappa shape index (κ3) is 2.41. The van der Waals surface area contributed by atoms with E-state index in [9.17, 15) is 9.90 Å². The molecule has 0 heterocycles. The van der Waals surface area contributed by atoms with Crippen molar-refractivity contribution in [2.24, 2.45) is 0 Å². The lowest BCUT2D eigenvalue weighted by atomic mass is 9.96. The highest BCUT2D eigenvalue weighted by Crippen LogP contribution is 2.28. The van der Waals surface area contributed by atoms with E-state index >= 15 is 0 Å². The van der Waals surface area contributed by atoms with Gasteiger partial charge in [-0.15, -0.1) is 0 Å². The molecule has 3 heteroatoms. The fraction of sp³-hybridized carbons (Fsp3) is 0.133. The van der Waals surface area contributed by atoms with Gasteiger partial charge in [0, 0.05) is 0 Å². The first-order valence-corrected chi connectivity index (χ1v) is 5.64. The maximum Gasteiger partial charge on any atom is 0.339 e. The molecule has 3 nitrogen and oxygen atoms in total. The van der Waals surface area contributed by atoms with Crippen molar-refractivity contribution in [3.05, 3.63) is 60.2 Å². The summed E-state index contributed by atoms with van der Waals surface area (Å²) >= 11 is 0. The number of methoxy groups -OCH3 is 1. The number of ether oxygens (including phenoxy) is 1. The molecule has 0 saturated heterocycles. The lowest BCUT2D eigenvalue weighted by molar-refractivity contribution is -0.150. The smallest absolute Gasteiger partial charge is 0.339 e. The van der Waals surface area contributed by atoms with Gasteiger partial charge in [-0.05, 0) is 16.7 Å². The zero-order valence-corrected chi connectivity index (χ0v) is 10.0. The summed E-state index contributed by atoms with van der Waals surface area (Å²) in [5, 5.41) is 9.96. The van der Waals surface area contributed by atoms with Gasteiger partial charge in [-0.1, -0.05) is 54.6 Å². The van der Waals surface area contributed by atoms with Crippen molar-refractivity contribution in [1.29, 1.82) is 0 Å². The number of aliphatic hydroxyl groups excluding tert-OH is 1. The molecule has 0 aromatic heterocycles. The Morgan fingerprint density at radius 2 is 1.67 bits per heavy atom. The van der Waals surface area contributed by atoms with Crippen LogP contribution in [0, 0.1) is 0 Å². The van der Waals surface area contributed by atoms with Crippen LogP contribution in [0.1, 0.15) is 11.7 Å². The number of hydrogen-bond donors (Lipinski definition) is 1. The molecule has 2 aromatic carbocycles. The van der Waals surface area contributed by atoms with Crippen molar-refractivity contribution < 1.29 is 14.6 Å². The van der Waals surface area contributed by atoms with E-state index in [2.05, 4.69) is 4.74 Å². The molecule has 2 aromatic rings.